The molecule has 1 aromatic carbocycles. The number of aromatic amines is 2. The molecule has 6 aromatic rings. The summed E-state index contributed by atoms with van der Waals surface area (Å²) in [5, 5.41) is 7.67. The summed E-state index contributed by atoms with van der Waals surface area (Å²) >= 11 is 0. The van der Waals surface area contributed by atoms with Crippen LogP contribution in [0, 0.1) is 11.8 Å². The van der Waals surface area contributed by atoms with E-state index in [2.05, 4.69) is 35.6 Å². The van der Waals surface area contributed by atoms with E-state index in [1.54, 1.807) is 53.5 Å². The highest BCUT2D eigenvalue weighted by atomic mass is 32.2. The summed E-state index contributed by atoms with van der Waals surface area (Å²) in [6.45, 7) is 2.97. The van der Waals surface area contributed by atoms with Crippen LogP contribution in [0.1, 0.15) is 90.7 Å². The van der Waals surface area contributed by atoms with Gasteiger partial charge in [0.05, 0.1) is 10.5 Å². The fourth-order valence-electron chi connectivity index (χ4n) is 8.39. The van der Waals surface area contributed by atoms with Crippen LogP contribution in [-0.4, -0.2) is 101 Å². The summed E-state index contributed by atoms with van der Waals surface area (Å²) in [6.07, 6.45) is 14.0. The molecule has 0 bridgehead atoms. The van der Waals surface area contributed by atoms with Gasteiger partial charge in [0.2, 0.25) is 20.0 Å². The van der Waals surface area contributed by atoms with Crippen LogP contribution in [0.2, 0.25) is 0 Å². The fourth-order valence-corrected chi connectivity index (χ4v) is 11.3. The molecular weight excluding hydrogens is 896 g/mol. The van der Waals surface area contributed by atoms with Crippen molar-refractivity contribution in [3.8, 4) is 0 Å². The predicted octanol–water partition coefficient (Wildman–Crippen LogP) is 7.54. The van der Waals surface area contributed by atoms with Gasteiger partial charge in [-0.3, -0.25) is 24.5 Å². The maximum atomic E-state index is 12.8. The average Bonchev–Trinajstić information content (AvgIpc) is 3.98. The Hall–Kier alpha value is -5.70. The van der Waals surface area contributed by atoms with Gasteiger partial charge in [-0.1, -0.05) is 25.7 Å². The number of carbonyl (C=O) groups is 2. The standard InChI is InChI=1S/C24H27F3N4O3S.C22H27N5O3S/c25-24(26,27)19-4-6-20(7-5-19)35(33,34)31-13-9-17(10-14-31)3-1-2-11-29-23(32)22-15-18-16-28-12-8-21(18)30-22;28-22(21-14-18-15-24-11-6-20(18)26-21)25-10-2-1-4-17-7-12-27(13-8-17)31(29,30)19-5-3-9-23-16-19/h4-8,12,15-17,30H,1-3,9-11,13-14H2,(H,29,32);3,5-6,9,11,14-17,26H,1-2,4,7-8,10,12-13H2,(H,25,28). The van der Waals surface area contributed by atoms with E-state index < -0.39 is 31.8 Å². The third kappa shape index (κ3) is 12.4. The van der Waals surface area contributed by atoms with Crippen molar-refractivity contribution in [3.63, 3.8) is 0 Å². The van der Waals surface area contributed by atoms with Gasteiger partial charge in [-0.15, -0.1) is 0 Å². The zero-order chi connectivity index (χ0) is 46.7. The molecule has 8 rings (SSSR count). The lowest BCUT2D eigenvalue weighted by Crippen LogP contribution is -2.38. The number of piperidine rings is 2. The molecule has 2 fully saturated rings. The number of benzene rings is 1. The Morgan fingerprint density at radius 1 is 0.606 bits per heavy atom. The first-order valence-electron chi connectivity index (χ1n) is 22.2. The molecule has 2 amide bonds. The molecule has 352 valence electrons. The van der Waals surface area contributed by atoms with E-state index in [-0.39, 0.29) is 21.6 Å². The highest BCUT2D eigenvalue weighted by Gasteiger charge is 2.33. The van der Waals surface area contributed by atoms with Gasteiger partial charge in [0.15, 0.2) is 0 Å². The van der Waals surface area contributed by atoms with Gasteiger partial charge in [0, 0.05) is 98.3 Å². The van der Waals surface area contributed by atoms with E-state index in [0.29, 0.717) is 75.3 Å². The third-order valence-electron chi connectivity index (χ3n) is 12.2. The molecule has 7 heterocycles. The Morgan fingerprint density at radius 2 is 1.06 bits per heavy atom. The molecule has 15 nitrogen and oxygen atoms in total. The van der Waals surface area contributed by atoms with Crippen LogP contribution in [0.15, 0.2) is 108 Å². The highest BCUT2D eigenvalue weighted by Crippen LogP contribution is 2.32. The van der Waals surface area contributed by atoms with E-state index in [9.17, 15) is 39.6 Å². The van der Waals surface area contributed by atoms with Crippen LogP contribution < -0.4 is 10.6 Å². The van der Waals surface area contributed by atoms with Crippen molar-refractivity contribution in [2.45, 2.75) is 80.2 Å². The van der Waals surface area contributed by atoms with E-state index in [1.165, 1.54) is 10.5 Å². The van der Waals surface area contributed by atoms with Gasteiger partial charge in [0.25, 0.3) is 11.8 Å². The smallest absolute Gasteiger partial charge is 0.351 e. The Labute approximate surface area is 382 Å². The lowest BCUT2D eigenvalue weighted by molar-refractivity contribution is -0.137. The number of carbonyl (C=O) groups excluding carboxylic acids is 2. The summed E-state index contributed by atoms with van der Waals surface area (Å²) in [4.78, 5) is 42.9. The summed E-state index contributed by atoms with van der Waals surface area (Å²) in [5.74, 6) is 0.635. The van der Waals surface area contributed by atoms with Crippen LogP contribution in [0.25, 0.3) is 21.8 Å². The lowest BCUT2D eigenvalue weighted by atomic mass is 9.92. The molecule has 0 spiro atoms. The number of H-pyrrole nitrogens is 2. The van der Waals surface area contributed by atoms with Crippen LogP contribution in [-0.2, 0) is 26.2 Å². The summed E-state index contributed by atoms with van der Waals surface area (Å²) in [7, 11) is -7.25. The molecule has 2 saturated heterocycles. The van der Waals surface area contributed by atoms with E-state index in [0.717, 1.165) is 97.4 Å². The maximum Gasteiger partial charge on any atom is 0.416 e. The predicted molar refractivity (Wildman–Crippen MR) is 243 cm³/mol. The molecule has 66 heavy (non-hydrogen) atoms. The lowest BCUT2D eigenvalue weighted by Gasteiger charge is -2.31. The number of nitrogens with zero attached hydrogens (tertiary/aromatic N) is 5. The normalized spacial score (nSPS) is 15.9. The number of aromatic nitrogens is 5. The van der Waals surface area contributed by atoms with Crippen LogP contribution >= 0.6 is 0 Å². The number of unbranched alkanes of at least 4 members (excludes halogenated alkanes) is 2. The third-order valence-corrected chi connectivity index (χ3v) is 16.0. The Kier molecular flexibility index (Phi) is 15.9. The number of halogens is 3. The number of hydrogen-bond acceptors (Lipinski definition) is 9. The maximum absolute atomic E-state index is 12.8. The number of amides is 2. The molecule has 0 radical (unpaired) electrons. The SMILES string of the molecule is O=C(NCCCCC1CCN(S(=O)(=O)c2ccc(C(F)(F)F)cc2)CC1)c1cc2cnccc2[nH]1.O=C(NCCCCC1CCN(S(=O)(=O)c2cccnc2)CC1)c1cc2cnccc2[nH]1. The second-order valence-electron chi connectivity index (χ2n) is 16.7. The summed E-state index contributed by atoms with van der Waals surface area (Å²) < 4.78 is 92.1. The second-order valence-corrected chi connectivity index (χ2v) is 20.6. The molecule has 2 aliphatic heterocycles. The van der Waals surface area contributed by atoms with Crippen molar-refractivity contribution in [3.05, 3.63) is 115 Å². The molecule has 0 unspecified atom stereocenters. The number of alkyl halides is 3. The molecule has 5 aromatic heterocycles. The largest absolute Gasteiger partial charge is 0.416 e. The molecule has 2 aliphatic rings. The van der Waals surface area contributed by atoms with E-state index in [4.69, 9.17) is 0 Å². The molecule has 20 heteroatoms. The van der Waals surface area contributed by atoms with Crippen LogP contribution in [0.3, 0.4) is 0 Å². The van der Waals surface area contributed by atoms with Crippen molar-refractivity contribution in [2.24, 2.45) is 11.8 Å². The van der Waals surface area contributed by atoms with Crippen LogP contribution in [0.5, 0.6) is 0 Å². The monoisotopic (exact) mass is 949 g/mol. The van der Waals surface area contributed by atoms with Crippen molar-refractivity contribution in [1.29, 1.82) is 0 Å². The molecule has 0 atom stereocenters. The molecular formula is C46H54F3N9O6S2. The highest BCUT2D eigenvalue weighted by molar-refractivity contribution is 7.89. The van der Waals surface area contributed by atoms with Gasteiger partial charge < -0.3 is 20.6 Å². The second kappa shape index (κ2) is 21.7. The Morgan fingerprint density at radius 3 is 1.48 bits per heavy atom. The minimum absolute atomic E-state index is 0.106. The quantitative estimate of drug-likeness (QED) is 0.0707. The van der Waals surface area contributed by atoms with Gasteiger partial charge in [0.1, 0.15) is 16.3 Å². The Balaban J connectivity index is 0.000000198. The van der Waals surface area contributed by atoms with Crippen molar-refractivity contribution >= 4 is 53.7 Å². The zero-order valence-electron chi connectivity index (χ0n) is 36.3. The first-order valence-corrected chi connectivity index (χ1v) is 25.1. The first kappa shape index (κ1) is 48.2. The molecule has 0 saturated carbocycles. The van der Waals surface area contributed by atoms with Crippen molar-refractivity contribution in [2.75, 3.05) is 39.3 Å². The van der Waals surface area contributed by atoms with Gasteiger partial charge >= 0.3 is 6.18 Å². The van der Waals surface area contributed by atoms with Crippen molar-refractivity contribution in [1.82, 2.24) is 44.2 Å². The minimum Gasteiger partial charge on any atom is -0.351 e. The summed E-state index contributed by atoms with van der Waals surface area (Å²) in [6, 6.07) is 14.1. The van der Waals surface area contributed by atoms with Crippen LogP contribution in [0.4, 0.5) is 13.2 Å². The number of hydrogen-bond donors (Lipinski definition) is 4. The zero-order valence-corrected chi connectivity index (χ0v) is 38.0. The molecule has 4 N–H and O–H groups in total. The fraction of sp³-hybridized carbons (Fsp3) is 0.413. The number of rotatable bonds is 16. The minimum atomic E-state index is -4.50. The molecule has 0 aliphatic carbocycles. The average molecular weight is 950 g/mol. The first-order chi connectivity index (χ1) is 31.7. The van der Waals surface area contributed by atoms with E-state index in [1.807, 2.05) is 18.2 Å². The summed E-state index contributed by atoms with van der Waals surface area (Å²) in [5.41, 5.74) is 1.93. The number of pyridine rings is 3. The van der Waals surface area contributed by atoms with Gasteiger partial charge in [-0.2, -0.15) is 21.8 Å². The topological polar surface area (TPSA) is 203 Å². The number of nitrogens with one attached hydrogen (secondary N) is 4. The Bertz CT molecular complexity index is 2700. The van der Waals surface area contributed by atoms with Crippen molar-refractivity contribution < 1.29 is 39.6 Å². The number of sulfonamides is 2. The number of fused-ring (bicyclic) bond motifs is 2. The van der Waals surface area contributed by atoms with Gasteiger partial charge in [-0.25, -0.2) is 16.8 Å². The van der Waals surface area contributed by atoms with E-state index >= 15 is 0 Å². The van der Waals surface area contributed by atoms with Gasteiger partial charge in [-0.05, 0) is 111 Å².